The first kappa shape index (κ1) is 53.9. The number of hydrogen-bond acceptors (Lipinski definition) is 10. The lowest BCUT2D eigenvalue weighted by atomic mass is 9.99. The van der Waals surface area contributed by atoms with Crippen LogP contribution >= 0.6 is 0 Å². The van der Waals surface area contributed by atoms with E-state index in [1.54, 1.807) is 0 Å². The molecule has 11 heteroatoms. The molecule has 0 saturated carbocycles. The van der Waals surface area contributed by atoms with Crippen molar-refractivity contribution in [2.45, 2.75) is 211 Å². The van der Waals surface area contributed by atoms with E-state index >= 15 is 0 Å². The highest BCUT2D eigenvalue weighted by Crippen LogP contribution is 2.23. The molecule has 0 spiro atoms. The van der Waals surface area contributed by atoms with Crippen LogP contribution < -0.4 is 0 Å². The number of carbonyl (C=O) groups excluding carboxylic acids is 2. The zero-order valence-electron chi connectivity index (χ0n) is 36.5. The Hall–Kier alpha value is -3.09. The highest BCUT2D eigenvalue weighted by molar-refractivity contribution is 5.73. The van der Waals surface area contributed by atoms with Crippen LogP contribution in [-0.4, -0.2) is 88.4 Å². The van der Waals surface area contributed by atoms with Crippen molar-refractivity contribution in [2.24, 2.45) is 0 Å². The first-order chi connectivity index (χ1) is 28.7. The van der Waals surface area contributed by atoms with E-state index in [0.717, 1.165) is 89.9 Å². The summed E-state index contributed by atoms with van der Waals surface area (Å²) in [6.45, 7) is 3.65. The molecule has 338 valence electrons. The maximum atomic E-state index is 12.7. The number of carboxylic acids is 1. The van der Waals surface area contributed by atoms with Crippen molar-refractivity contribution in [1.82, 2.24) is 0 Å². The van der Waals surface area contributed by atoms with Gasteiger partial charge in [0.15, 0.2) is 18.5 Å². The van der Waals surface area contributed by atoms with Crippen molar-refractivity contribution in [1.29, 1.82) is 0 Å². The SMILES string of the molecule is CC/C=C\C/C=C\C/C=C\C/C=C\CCCCCCCCCCC(=O)OCC(COC1OC(C(=O)O)C(O)C(O)C1O)OC(=O)CCCCCCC/C=C\CCCCC. The van der Waals surface area contributed by atoms with E-state index in [2.05, 4.69) is 74.6 Å². The summed E-state index contributed by atoms with van der Waals surface area (Å²) in [7, 11) is 0. The molecule has 11 nitrogen and oxygen atoms in total. The minimum atomic E-state index is -1.86. The molecule has 0 amide bonds. The Labute approximate surface area is 356 Å². The smallest absolute Gasteiger partial charge is 0.335 e. The number of aliphatic hydroxyl groups excluding tert-OH is 3. The normalized spacial score (nSPS) is 20.5. The molecule has 0 aromatic heterocycles. The number of hydrogen-bond donors (Lipinski definition) is 4. The second-order valence-electron chi connectivity index (χ2n) is 15.5. The van der Waals surface area contributed by atoms with Crippen molar-refractivity contribution in [3.05, 3.63) is 60.8 Å². The Morgan fingerprint density at radius 2 is 1.00 bits per heavy atom. The van der Waals surface area contributed by atoms with Gasteiger partial charge in [0.05, 0.1) is 6.61 Å². The van der Waals surface area contributed by atoms with Gasteiger partial charge in [0, 0.05) is 12.8 Å². The van der Waals surface area contributed by atoms with Crippen molar-refractivity contribution in [3.8, 4) is 0 Å². The van der Waals surface area contributed by atoms with Crippen molar-refractivity contribution in [3.63, 3.8) is 0 Å². The third-order valence-electron chi connectivity index (χ3n) is 10.1. The average molecular weight is 833 g/mol. The number of rotatable bonds is 37. The summed E-state index contributed by atoms with van der Waals surface area (Å²) in [5.74, 6) is -2.47. The van der Waals surface area contributed by atoms with Gasteiger partial charge in [0.2, 0.25) is 0 Å². The number of aliphatic hydroxyl groups is 3. The average Bonchev–Trinajstić information content (AvgIpc) is 3.22. The number of allylic oxidation sites excluding steroid dienone is 10. The molecule has 4 N–H and O–H groups in total. The van der Waals surface area contributed by atoms with E-state index in [0.29, 0.717) is 12.8 Å². The lowest BCUT2D eigenvalue weighted by Crippen LogP contribution is -2.60. The predicted molar refractivity (Wildman–Crippen MR) is 234 cm³/mol. The lowest BCUT2D eigenvalue weighted by Gasteiger charge is -2.38. The van der Waals surface area contributed by atoms with Crippen LogP contribution in [0.15, 0.2) is 60.8 Å². The fraction of sp³-hybridized carbons (Fsp3) is 0.729. The monoisotopic (exact) mass is 833 g/mol. The van der Waals surface area contributed by atoms with Gasteiger partial charge in [0.25, 0.3) is 0 Å². The van der Waals surface area contributed by atoms with Crippen LogP contribution in [0, 0.1) is 0 Å². The maximum absolute atomic E-state index is 12.7. The Bertz CT molecular complexity index is 1210. The number of carboxylic acid groups (broad SMARTS) is 1. The number of unbranched alkanes of at least 4 members (excludes halogenated alkanes) is 16. The van der Waals surface area contributed by atoms with Gasteiger partial charge in [-0.25, -0.2) is 4.79 Å². The molecule has 1 fully saturated rings. The molecule has 6 atom stereocenters. The van der Waals surface area contributed by atoms with Gasteiger partial charge < -0.3 is 39.4 Å². The van der Waals surface area contributed by atoms with E-state index in [9.17, 15) is 34.8 Å². The van der Waals surface area contributed by atoms with Crippen molar-refractivity contribution in [2.75, 3.05) is 13.2 Å². The van der Waals surface area contributed by atoms with Gasteiger partial charge in [-0.1, -0.05) is 145 Å². The Morgan fingerprint density at radius 1 is 0.542 bits per heavy atom. The molecule has 59 heavy (non-hydrogen) atoms. The van der Waals surface area contributed by atoms with Gasteiger partial charge in [-0.15, -0.1) is 0 Å². The first-order valence-electron chi connectivity index (χ1n) is 22.8. The summed E-state index contributed by atoms with van der Waals surface area (Å²) in [6, 6.07) is 0. The minimum Gasteiger partial charge on any atom is -0.479 e. The second-order valence-corrected chi connectivity index (χ2v) is 15.5. The summed E-state index contributed by atoms with van der Waals surface area (Å²) in [6.07, 6.45) is 37.0. The first-order valence-corrected chi connectivity index (χ1v) is 22.8. The van der Waals surface area contributed by atoms with E-state index in [-0.39, 0.29) is 19.4 Å². The fourth-order valence-electron chi connectivity index (χ4n) is 6.51. The number of ether oxygens (including phenoxy) is 4. The molecule has 1 rings (SSSR count). The largest absolute Gasteiger partial charge is 0.479 e. The van der Waals surface area contributed by atoms with Crippen LogP contribution in [0.3, 0.4) is 0 Å². The number of esters is 2. The summed E-state index contributed by atoms with van der Waals surface area (Å²) in [5, 5.41) is 39.8. The lowest BCUT2D eigenvalue weighted by molar-refractivity contribution is -0.298. The quantitative estimate of drug-likeness (QED) is 0.0267. The summed E-state index contributed by atoms with van der Waals surface area (Å²) in [5.41, 5.74) is 0. The Morgan fingerprint density at radius 3 is 1.53 bits per heavy atom. The second kappa shape index (κ2) is 37.9. The van der Waals surface area contributed by atoms with Gasteiger partial charge >= 0.3 is 17.9 Å². The molecule has 1 aliphatic heterocycles. The molecule has 0 aromatic carbocycles. The Kier molecular flexibility index (Phi) is 34.6. The molecular weight excluding hydrogens is 753 g/mol. The molecule has 1 saturated heterocycles. The van der Waals surface area contributed by atoms with Crippen LogP contribution in [0.25, 0.3) is 0 Å². The minimum absolute atomic E-state index is 0.168. The van der Waals surface area contributed by atoms with Crippen LogP contribution in [0.5, 0.6) is 0 Å². The van der Waals surface area contributed by atoms with Gasteiger partial charge in [-0.3, -0.25) is 9.59 Å². The third kappa shape index (κ3) is 29.7. The number of carbonyl (C=O) groups is 3. The highest BCUT2D eigenvalue weighted by Gasteiger charge is 2.47. The molecular formula is C48H80O11. The Balaban J connectivity index is 2.34. The van der Waals surface area contributed by atoms with Crippen LogP contribution in [-0.2, 0) is 33.3 Å². The highest BCUT2D eigenvalue weighted by atomic mass is 16.7. The topological polar surface area (TPSA) is 169 Å². The molecule has 0 radical (unpaired) electrons. The van der Waals surface area contributed by atoms with Crippen molar-refractivity contribution < 1.29 is 53.8 Å². The zero-order chi connectivity index (χ0) is 43.2. The molecule has 0 aromatic rings. The standard InChI is InChI=1S/C48H80O11/c1-3-5-7-9-11-13-15-17-18-19-20-21-22-23-24-25-27-28-30-32-34-36-41(49)56-38-40(39-57-48-45(53)43(51)44(52)46(59-48)47(54)55)58-42(50)37-35-33-31-29-26-16-14-12-10-8-6-4-2/h5,7,11-14,17-18,20-21,40,43-46,48,51-53H,3-4,6,8-10,15-16,19,22-39H2,1-2H3,(H,54,55)/b7-5-,13-11-,14-12-,18-17-,21-20-. The summed E-state index contributed by atoms with van der Waals surface area (Å²) in [4.78, 5) is 36.8. The molecule has 1 aliphatic rings. The van der Waals surface area contributed by atoms with Gasteiger partial charge in [-0.2, -0.15) is 0 Å². The molecule has 1 heterocycles. The van der Waals surface area contributed by atoms with Crippen LogP contribution in [0.2, 0.25) is 0 Å². The predicted octanol–water partition coefficient (Wildman–Crippen LogP) is 9.92. The van der Waals surface area contributed by atoms with E-state index in [4.69, 9.17) is 18.9 Å². The van der Waals surface area contributed by atoms with Gasteiger partial charge in [0.1, 0.15) is 24.9 Å². The number of aliphatic carboxylic acids is 1. The van der Waals surface area contributed by atoms with E-state index in [1.807, 2.05) is 0 Å². The zero-order valence-corrected chi connectivity index (χ0v) is 36.5. The molecule has 6 unspecified atom stereocenters. The third-order valence-corrected chi connectivity index (χ3v) is 10.1. The summed E-state index contributed by atoms with van der Waals surface area (Å²) < 4.78 is 21.7. The van der Waals surface area contributed by atoms with Crippen LogP contribution in [0.1, 0.15) is 174 Å². The van der Waals surface area contributed by atoms with Crippen LogP contribution in [0.4, 0.5) is 0 Å². The van der Waals surface area contributed by atoms with Crippen molar-refractivity contribution >= 4 is 17.9 Å². The summed E-state index contributed by atoms with van der Waals surface area (Å²) >= 11 is 0. The van der Waals surface area contributed by atoms with E-state index < -0.39 is 61.3 Å². The fourth-order valence-corrected chi connectivity index (χ4v) is 6.51. The van der Waals surface area contributed by atoms with Gasteiger partial charge in [-0.05, 0) is 77.0 Å². The maximum Gasteiger partial charge on any atom is 0.335 e. The molecule has 0 bridgehead atoms. The molecule has 0 aliphatic carbocycles. The van der Waals surface area contributed by atoms with E-state index in [1.165, 1.54) is 44.9 Å².